The Morgan fingerprint density at radius 3 is 3.00 bits per heavy atom. The lowest BCUT2D eigenvalue weighted by Crippen LogP contribution is -2.33. The van der Waals surface area contributed by atoms with E-state index in [2.05, 4.69) is 20.4 Å². The molecule has 30 heavy (non-hydrogen) atoms. The number of aromatic nitrogens is 6. The second-order valence-electron chi connectivity index (χ2n) is 6.98. The number of carbonyl (C=O) groups is 1. The number of rotatable bonds is 5. The minimum atomic E-state index is -0.0682. The molecule has 152 valence electrons. The van der Waals surface area contributed by atoms with Crippen LogP contribution < -0.4 is 0 Å². The average Bonchev–Trinajstić information content (AvgIpc) is 3.50. The maximum Gasteiger partial charge on any atom is 0.233 e. The van der Waals surface area contributed by atoms with Crippen LogP contribution in [-0.2, 0) is 4.79 Å². The van der Waals surface area contributed by atoms with E-state index in [-0.39, 0.29) is 17.7 Å². The van der Waals surface area contributed by atoms with E-state index in [1.807, 2.05) is 62.5 Å². The van der Waals surface area contributed by atoms with Crippen molar-refractivity contribution in [2.45, 2.75) is 24.0 Å². The summed E-state index contributed by atoms with van der Waals surface area (Å²) in [4.78, 5) is 15.0. The molecular formula is C20H18ClN7OS. The van der Waals surface area contributed by atoms with Gasteiger partial charge in [-0.1, -0.05) is 35.5 Å². The fourth-order valence-corrected chi connectivity index (χ4v) is 4.76. The van der Waals surface area contributed by atoms with Crippen LogP contribution in [0, 0.1) is 0 Å². The monoisotopic (exact) mass is 439 g/mol. The van der Waals surface area contributed by atoms with E-state index in [1.54, 1.807) is 6.33 Å². The Balaban J connectivity index is 1.32. The first-order chi connectivity index (χ1) is 14.7. The highest BCUT2D eigenvalue weighted by molar-refractivity contribution is 7.99. The fraction of sp³-hybridized carbons (Fsp3) is 0.250. The zero-order valence-electron chi connectivity index (χ0n) is 15.9. The van der Waals surface area contributed by atoms with Gasteiger partial charge in [-0.25, -0.2) is 0 Å². The minimum Gasteiger partial charge on any atom is -0.332 e. The van der Waals surface area contributed by atoms with E-state index >= 15 is 0 Å². The number of fused-ring (bicyclic) bond motifs is 1. The molecule has 1 aliphatic rings. The SMILES string of the molecule is O=C(CSc1nncn1-c1cccc(Cl)c1)N1CCCC1c1nnc2ccccn12. The van der Waals surface area contributed by atoms with Crippen LogP contribution in [0.25, 0.3) is 11.3 Å². The summed E-state index contributed by atoms with van der Waals surface area (Å²) in [5, 5.41) is 18.0. The summed E-state index contributed by atoms with van der Waals surface area (Å²) in [5.74, 6) is 1.13. The maximum atomic E-state index is 13.1. The van der Waals surface area contributed by atoms with Crippen LogP contribution >= 0.6 is 23.4 Å². The van der Waals surface area contributed by atoms with Gasteiger partial charge in [-0.3, -0.25) is 13.8 Å². The highest BCUT2D eigenvalue weighted by Crippen LogP contribution is 2.32. The molecule has 1 amide bonds. The maximum absolute atomic E-state index is 13.1. The van der Waals surface area contributed by atoms with Gasteiger partial charge in [0.2, 0.25) is 5.91 Å². The molecule has 8 nitrogen and oxygen atoms in total. The molecule has 0 saturated carbocycles. The molecule has 4 aromatic rings. The molecule has 0 bridgehead atoms. The molecule has 1 aliphatic heterocycles. The summed E-state index contributed by atoms with van der Waals surface area (Å²) in [5.41, 5.74) is 1.65. The zero-order chi connectivity index (χ0) is 20.5. The number of hydrogen-bond donors (Lipinski definition) is 0. The van der Waals surface area contributed by atoms with Gasteiger partial charge in [-0.15, -0.1) is 20.4 Å². The minimum absolute atomic E-state index is 0.0517. The predicted octanol–water partition coefficient (Wildman–Crippen LogP) is 3.42. The Bertz CT molecular complexity index is 1210. The highest BCUT2D eigenvalue weighted by atomic mass is 35.5. The van der Waals surface area contributed by atoms with Crippen molar-refractivity contribution < 1.29 is 4.79 Å². The normalized spacial score (nSPS) is 16.4. The van der Waals surface area contributed by atoms with E-state index in [0.717, 1.165) is 30.0 Å². The fourth-order valence-electron chi connectivity index (χ4n) is 3.76. The predicted molar refractivity (Wildman–Crippen MR) is 114 cm³/mol. The summed E-state index contributed by atoms with van der Waals surface area (Å²) in [6, 6.07) is 13.2. The number of pyridine rings is 1. The average molecular weight is 440 g/mol. The Morgan fingerprint density at radius 2 is 2.10 bits per heavy atom. The molecule has 10 heteroatoms. The highest BCUT2D eigenvalue weighted by Gasteiger charge is 2.33. The molecule has 0 N–H and O–H groups in total. The topological polar surface area (TPSA) is 81.2 Å². The molecule has 0 aliphatic carbocycles. The number of thioether (sulfide) groups is 1. The van der Waals surface area contributed by atoms with Gasteiger partial charge in [0, 0.05) is 17.8 Å². The molecule has 5 rings (SSSR count). The Morgan fingerprint density at radius 1 is 1.17 bits per heavy atom. The largest absolute Gasteiger partial charge is 0.332 e. The third kappa shape index (κ3) is 3.54. The second-order valence-corrected chi connectivity index (χ2v) is 8.36. The van der Waals surface area contributed by atoms with Gasteiger partial charge in [0.25, 0.3) is 0 Å². The summed E-state index contributed by atoms with van der Waals surface area (Å²) < 4.78 is 3.79. The lowest BCUT2D eigenvalue weighted by molar-refractivity contribution is -0.129. The van der Waals surface area contributed by atoms with Gasteiger partial charge in [0.1, 0.15) is 6.33 Å². The summed E-state index contributed by atoms with van der Waals surface area (Å²) in [7, 11) is 0. The first kappa shape index (κ1) is 19.1. The lowest BCUT2D eigenvalue weighted by Gasteiger charge is -2.23. The number of nitrogens with zero attached hydrogens (tertiary/aromatic N) is 7. The summed E-state index contributed by atoms with van der Waals surface area (Å²) >= 11 is 7.46. The number of amides is 1. The lowest BCUT2D eigenvalue weighted by atomic mass is 10.2. The second kappa shape index (κ2) is 8.08. The van der Waals surface area contributed by atoms with Crippen LogP contribution in [0.1, 0.15) is 24.7 Å². The molecule has 1 unspecified atom stereocenters. The number of carbonyl (C=O) groups excluding carboxylic acids is 1. The summed E-state index contributed by atoms with van der Waals surface area (Å²) in [6.45, 7) is 0.715. The standard InChI is InChI=1S/C20H18ClN7OS/c21-14-5-3-6-15(11-14)28-13-22-25-20(28)30-12-18(29)26-10-4-7-16(26)19-24-23-17-8-1-2-9-27(17)19/h1-3,5-6,8-9,11,13,16H,4,7,10,12H2. The molecule has 1 atom stereocenters. The van der Waals surface area contributed by atoms with Gasteiger partial charge < -0.3 is 4.90 Å². The number of likely N-dealkylation sites (tertiary alicyclic amines) is 1. The van der Waals surface area contributed by atoms with E-state index in [9.17, 15) is 4.79 Å². The van der Waals surface area contributed by atoms with Crippen molar-refractivity contribution in [3.8, 4) is 5.69 Å². The Hall–Kier alpha value is -2.91. The van der Waals surface area contributed by atoms with E-state index in [0.29, 0.717) is 16.7 Å². The van der Waals surface area contributed by atoms with E-state index < -0.39 is 0 Å². The van der Waals surface area contributed by atoms with Gasteiger partial charge in [0.15, 0.2) is 16.6 Å². The quantitative estimate of drug-likeness (QED) is 0.443. The molecule has 1 fully saturated rings. The third-order valence-electron chi connectivity index (χ3n) is 5.14. The molecule has 0 radical (unpaired) electrons. The Labute approximate surface area is 181 Å². The molecule has 0 spiro atoms. The zero-order valence-corrected chi connectivity index (χ0v) is 17.5. The molecule has 1 aromatic carbocycles. The smallest absolute Gasteiger partial charge is 0.233 e. The van der Waals surface area contributed by atoms with Crippen LogP contribution in [0.4, 0.5) is 0 Å². The van der Waals surface area contributed by atoms with E-state index in [1.165, 1.54) is 11.8 Å². The molecule has 1 saturated heterocycles. The molecular weight excluding hydrogens is 422 g/mol. The van der Waals surface area contributed by atoms with E-state index in [4.69, 9.17) is 11.6 Å². The van der Waals surface area contributed by atoms with Crippen molar-refractivity contribution >= 4 is 34.9 Å². The van der Waals surface area contributed by atoms with Crippen molar-refractivity contribution in [3.05, 3.63) is 65.8 Å². The van der Waals surface area contributed by atoms with Gasteiger partial charge in [0.05, 0.1) is 17.5 Å². The van der Waals surface area contributed by atoms with Crippen molar-refractivity contribution in [2.75, 3.05) is 12.3 Å². The number of benzene rings is 1. The van der Waals surface area contributed by atoms with Crippen molar-refractivity contribution in [1.82, 2.24) is 34.3 Å². The van der Waals surface area contributed by atoms with Crippen LogP contribution in [0.15, 0.2) is 60.1 Å². The van der Waals surface area contributed by atoms with Crippen molar-refractivity contribution in [3.63, 3.8) is 0 Å². The Kier molecular flexibility index (Phi) is 5.14. The van der Waals surface area contributed by atoms with Crippen molar-refractivity contribution in [1.29, 1.82) is 0 Å². The van der Waals surface area contributed by atoms with Crippen LogP contribution in [0.5, 0.6) is 0 Å². The van der Waals surface area contributed by atoms with Gasteiger partial charge in [-0.05, 0) is 43.2 Å². The molecule has 4 heterocycles. The van der Waals surface area contributed by atoms with Crippen LogP contribution in [0.2, 0.25) is 5.02 Å². The molecule has 3 aromatic heterocycles. The van der Waals surface area contributed by atoms with Crippen LogP contribution in [0.3, 0.4) is 0 Å². The third-order valence-corrected chi connectivity index (χ3v) is 6.30. The first-order valence-electron chi connectivity index (χ1n) is 9.58. The first-order valence-corrected chi connectivity index (χ1v) is 10.9. The van der Waals surface area contributed by atoms with Crippen LogP contribution in [-0.4, -0.2) is 52.5 Å². The number of halogens is 1. The van der Waals surface area contributed by atoms with Gasteiger partial charge >= 0.3 is 0 Å². The van der Waals surface area contributed by atoms with Gasteiger partial charge in [-0.2, -0.15) is 0 Å². The summed E-state index contributed by atoms with van der Waals surface area (Å²) in [6.07, 6.45) is 5.39. The van der Waals surface area contributed by atoms with Crippen molar-refractivity contribution in [2.24, 2.45) is 0 Å². The number of hydrogen-bond acceptors (Lipinski definition) is 6.